The quantitative estimate of drug-likeness (QED) is 0.768. The summed E-state index contributed by atoms with van der Waals surface area (Å²) < 4.78 is 0. The van der Waals surface area contributed by atoms with Crippen LogP contribution in [0.3, 0.4) is 0 Å². The summed E-state index contributed by atoms with van der Waals surface area (Å²) in [6, 6.07) is 8.13. The van der Waals surface area contributed by atoms with E-state index in [0.717, 1.165) is 11.9 Å². The fraction of sp³-hybridized carbons (Fsp3) is 0.333. The Morgan fingerprint density at radius 2 is 2.19 bits per heavy atom. The molecule has 2 aromatic rings. The number of carbonyl (C=O) groups excluding carboxylic acids is 1. The Balaban J connectivity index is 1.73. The van der Waals surface area contributed by atoms with E-state index >= 15 is 0 Å². The Hall–Kier alpha value is -2.34. The number of amides is 1. The molecule has 0 radical (unpaired) electrons. The van der Waals surface area contributed by atoms with E-state index in [4.69, 9.17) is 5.11 Å². The maximum atomic E-state index is 11.7. The summed E-state index contributed by atoms with van der Waals surface area (Å²) in [7, 11) is 0. The standard InChI is InChI=1S/C15H17N3O3/c19-14-7-16-11(8-18(14)9-15(20)21)5-10-6-17-13-4-2-1-3-12(10)13/h1-4,6,11,16-17H,5,7-9H2,(H,20,21). The minimum absolute atomic E-state index is 0.0706. The Morgan fingerprint density at radius 3 is 3.00 bits per heavy atom. The highest BCUT2D eigenvalue weighted by Gasteiger charge is 2.27. The topological polar surface area (TPSA) is 85.4 Å². The SMILES string of the molecule is O=C(O)CN1CC(Cc2c[nH]c3ccccc23)NCC1=O. The molecule has 6 nitrogen and oxygen atoms in total. The zero-order valence-electron chi connectivity index (χ0n) is 11.5. The van der Waals surface area contributed by atoms with Crippen LogP contribution >= 0.6 is 0 Å². The molecular formula is C15H17N3O3. The molecule has 0 bridgehead atoms. The molecule has 0 aliphatic carbocycles. The van der Waals surface area contributed by atoms with Crippen molar-refractivity contribution in [3.05, 3.63) is 36.0 Å². The van der Waals surface area contributed by atoms with Gasteiger partial charge in [-0.3, -0.25) is 9.59 Å². The fourth-order valence-electron chi connectivity index (χ4n) is 2.79. The largest absolute Gasteiger partial charge is 0.480 e. The third kappa shape index (κ3) is 2.90. The number of aromatic amines is 1. The van der Waals surface area contributed by atoms with E-state index in [2.05, 4.69) is 16.4 Å². The van der Waals surface area contributed by atoms with Crippen molar-refractivity contribution in [3.8, 4) is 0 Å². The van der Waals surface area contributed by atoms with Gasteiger partial charge in [-0.1, -0.05) is 18.2 Å². The second-order valence-electron chi connectivity index (χ2n) is 5.31. The van der Waals surface area contributed by atoms with Crippen molar-refractivity contribution in [3.63, 3.8) is 0 Å². The summed E-state index contributed by atoms with van der Waals surface area (Å²) in [6.45, 7) is 0.385. The Morgan fingerprint density at radius 1 is 1.38 bits per heavy atom. The molecule has 110 valence electrons. The zero-order valence-corrected chi connectivity index (χ0v) is 11.5. The summed E-state index contributed by atoms with van der Waals surface area (Å²) in [5.74, 6) is -1.14. The maximum Gasteiger partial charge on any atom is 0.323 e. The molecule has 6 heteroatoms. The third-order valence-corrected chi connectivity index (χ3v) is 3.80. The van der Waals surface area contributed by atoms with Crippen molar-refractivity contribution in [1.29, 1.82) is 0 Å². The van der Waals surface area contributed by atoms with Crippen LogP contribution in [0.4, 0.5) is 0 Å². The van der Waals surface area contributed by atoms with Gasteiger partial charge in [0.25, 0.3) is 0 Å². The number of fused-ring (bicyclic) bond motifs is 1. The molecule has 0 spiro atoms. The first kappa shape index (κ1) is 13.6. The lowest BCUT2D eigenvalue weighted by Crippen LogP contribution is -2.55. The molecule has 3 N–H and O–H groups in total. The van der Waals surface area contributed by atoms with Crippen LogP contribution in [0.25, 0.3) is 10.9 Å². The number of rotatable bonds is 4. The van der Waals surface area contributed by atoms with Crippen LogP contribution in [0.5, 0.6) is 0 Å². The number of H-pyrrole nitrogens is 1. The molecule has 1 aliphatic rings. The first-order valence-electron chi connectivity index (χ1n) is 6.91. The second kappa shape index (κ2) is 5.57. The average molecular weight is 287 g/mol. The molecular weight excluding hydrogens is 270 g/mol. The van der Waals surface area contributed by atoms with Gasteiger partial charge in [-0.05, 0) is 18.1 Å². The molecule has 1 aromatic heterocycles. The number of carbonyl (C=O) groups is 2. The monoisotopic (exact) mass is 287 g/mol. The lowest BCUT2D eigenvalue weighted by atomic mass is 10.0. The van der Waals surface area contributed by atoms with Crippen molar-refractivity contribution in [1.82, 2.24) is 15.2 Å². The summed E-state index contributed by atoms with van der Waals surface area (Å²) >= 11 is 0. The molecule has 21 heavy (non-hydrogen) atoms. The molecule has 1 amide bonds. The van der Waals surface area contributed by atoms with E-state index in [-0.39, 0.29) is 25.0 Å². The van der Waals surface area contributed by atoms with Gasteiger partial charge in [0.2, 0.25) is 5.91 Å². The molecule has 1 atom stereocenters. The highest BCUT2D eigenvalue weighted by atomic mass is 16.4. The number of para-hydroxylation sites is 1. The van der Waals surface area contributed by atoms with Gasteiger partial charge in [0.05, 0.1) is 6.54 Å². The number of benzene rings is 1. The highest BCUT2D eigenvalue weighted by molar-refractivity contribution is 5.84. The van der Waals surface area contributed by atoms with Crippen LogP contribution < -0.4 is 5.32 Å². The van der Waals surface area contributed by atoms with Gasteiger partial charge in [0.1, 0.15) is 6.54 Å². The van der Waals surface area contributed by atoms with E-state index in [0.29, 0.717) is 6.54 Å². The number of nitrogens with zero attached hydrogens (tertiary/aromatic N) is 1. The number of carboxylic acids is 1. The average Bonchev–Trinajstić information content (AvgIpc) is 2.85. The minimum atomic E-state index is -0.976. The number of aliphatic carboxylic acids is 1. The van der Waals surface area contributed by atoms with Gasteiger partial charge in [0.15, 0.2) is 0 Å². The van der Waals surface area contributed by atoms with Crippen molar-refractivity contribution < 1.29 is 14.7 Å². The molecule has 1 aromatic carbocycles. The van der Waals surface area contributed by atoms with Crippen molar-refractivity contribution in [2.24, 2.45) is 0 Å². The van der Waals surface area contributed by atoms with Crippen LogP contribution in [0.1, 0.15) is 5.56 Å². The van der Waals surface area contributed by atoms with Crippen LogP contribution in [-0.2, 0) is 16.0 Å². The molecule has 3 rings (SSSR count). The van der Waals surface area contributed by atoms with E-state index in [9.17, 15) is 9.59 Å². The first-order chi connectivity index (χ1) is 10.1. The smallest absolute Gasteiger partial charge is 0.323 e. The van der Waals surface area contributed by atoms with Gasteiger partial charge in [0, 0.05) is 29.7 Å². The third-order valence-electron chi connectivity index (χ3n) is 3.80. The number of hydrogen-bond donors (Lipinski definition) is 3. The Bertz CT molecular complexity index is 680. The first-order valence-corrected chi connectivity index (χ1v) is 6.91. The van der Waals surface area contributed by atoms with Crippen molar-refractivity contribution in [2.75, 3.05) is 19.6 Å². The fourth-order valence-corrected chi connectivity index (χ4v) is 2.79. The number of piperazine rings is 1. The second-order valence-corrected chi connectivity index (χ2v) is 5.31. The van der Waals surface area contributed by atoms with E-state index in [1.165, 1.54) is 15.8 Å². The molecule has 2 heterocycles. The summed E-state index contributed by atoms with van der Waals surface area (Å²) in [5, 5.41) is 13.2. The van der Waals surface area contributed by atoms with Gasteiger partial charge in [-0.15, -0.1) is 0 Å². The Kier molecular flexibility index (Phi) is 3.62. The maximum absolute atomic E-state index is 11.7. The van der Waals surface area contributed by atoms with Gasteiger partial charge in [-0.25, -0.2) is 0 Å². The van der Waals surface area contributed by atoms with Crippen molar-refractivity contribution >= 4 is 22.8 Å². The van der Waals surface area contributed by atoms with Crippen LogP contribution in [0, 0.1) is 0 Å². The predicted octanol–water partition coefficient (Wildman–Crippen LogP) is 0.595. The van der Waals surface area contributed by atoms with E-state index in [1.807, 2.05) is 24.4 Å². The highest BCUT2D eigenvalue weighted by Crippen LogP contribution is 2.19. The van der Waals surface area contributed by atoms with Gasteiger partial charge < -0.3 is 20.3 Å². The number of aromatic nitrogens is 1. The molecule has 1 saturated heterocycles. The molecule has 1 unspecified atom stereocenters. The van der Waals surface area contributed by atoms with Crippen LogP contribution in [-0.4, -0.2) is 52.5 Å². The van der Waals surface area contributed by atoms with Gasteiger partial charge >= 0.3 is 5.97 Å². The lowest BCUT2D eigenvalue weighted by molar-refractivity contribution is -0.145. The number of carboxylic acid groups (broad SMARTS) is 1. The normalized spacial score (nSPS) is 19.1. The minimum Gasteiger partial charge on any atom is -0.480 e. The van der Waals surface area contributed by atoms with Crippen LogP contribution in [0.15, 0.2) is 30.5 Å². The van der Waals surface area contributed by atoms with Crippen molar-refractivity contribution in [2.45, 2.75) is 12.5 Å². The summed E-state index contributed by atoms with van der Waals surface area (Å²) in [4.78, 5) is 27.1. The number of hydrogen-bond acceptors (Lipinski definition) is 3. The van der Waals surface area contributed by atoms with Crippen LogP contribution in [0.2, 0.25) is 0 Å². The Labute approximate surface area is 121 Å². The molecule has 1 fully saturated rings. The van der Waals surface area contributed by atoms with E-state index < -0.39 is 5.97 Å². The number of nitrogens with one attached hydrogen (secondary N) is 2. The van der Waals surface area contributed by atoms with E-state index in [1.54, 1.807) is 0 Å². The molecule has 0 saturated carbocycles. The molecule has 1 aliphatic heterocycles. The lowest BCUT2D eigenvalue weighted by Gasteiger charge is -2.32. The van der Waals surface area contributed by atoms with Gasteiger partial charge in [-0.2, -0.15) is 0 Å². The zero-order chi connectivity index (χ0) is 14.8. The summed E-state index contributed by atoms with van der Waals surface area (Å²) in [6.07, 6.45) is 2.73. The predicted molar refractivity (Wildman–Crippen MR) is 78.0 cm³/mol. The summed E-state index contributed by atoms with van der Waals surface area (Å²) in [5.41, 5.74) is 2.26.